The second kappa shape index (κ2) is 9.10. The molecule has 0 radical (unpaired) electrons. The third-order valence-electron chi connectivity index (χ3n) is 4.79. The van der Waals surface area contributed by atoms with Gasteiger partial charge in [-0.05, 0) is 48.7 Å². The molecule has 1 fully saturated rings. The minimum atomic E-state index is -3.64. The zero-order chi connectivity index (χ0) is 19.1. The Balaban J connectivity index is 1.67. The molecule has 0 atom stereocenters. The van der Waals surface area contributed by atoms with Crippen molar-refractivity contribution in [3.63, 3.8) is 0 Å². The highest BCUT2D eigenvalue weighted by molar-refractivity contribution is 7.89. The Bertz CT molecular complexity index is 861. The fourth-order valence-electron chi connectivity index (χ4n) is 3.27. The number of hydrogen-bond acceptors (Lipinski definition) is 4. The standard InChI is InChI=1S/C20H25N3O3S/c24-20(22-15-16-10-12-21-13-11-16)17-6-5-9-19(14-17)27(25,26)23-18-7-3-1-2-4-8-18/h5-6,9-14,18,23H,1-4,7-8,15H2,(H,22,24). The van der Waals surface area contributed by atoms with E-state index in [2.05, 4.69) is 15.0 Å². The number of pyridine rings is 1. The van der Waals surface area contributed by atoms with Gasteiger partial charge < -0.3 is 5.32 Å². The van der Waals surface area contributed by atoms with Gasteiger partial charge in [-0.3, -0.25) is 9.78 Å². The van der Waals surface area contributed by atoms with Crippen molar-refractivity contribution in [2.24, 2.45) is 0 Å². The quantitative estimate of drug-likeness (QED) is 0.746. The molecule has 0 spiro atoms. The molecule has 7 heteroatoms. The van der Waals surface area contributed by atoms with Crippen molar-refractivity contribution < 1.29 is 13.2 Å². The van der Waals surface area contributed by atoms with E-state index < -0.39 is 10.0 Å². The Morgan fingerprint density at radius 2 is 1.74 bits per heavy atom. The number of rotatable bonds is 6. The summed E-state index contributed by atoms with van der Waals surface area (Å²) in [5, 5.41) is 2.80. The molecule has 1 aromatic heterocycles. The maximum Gasteiger partial charge on any atom is 0.251 e. The van der Waals surface area contributed by atoms with Crippen LogP contribution in [-0.4, -0.2) is 25.4 Å². The Morgan fingerprint density at radius 1 is 1.04 bits per heavy atom. The van der Waals surface area contributed by atoms with Gasteiger partial charge in [0.05, 0.1) is 4.90 Å². The van der Waals surface area contributed by atoms with Crippen molar-refractivity contribution in [2.45, 2.75) is 56.0 Å². The summed E-state index contributed by atoms with van der Waals surface area (Å²) in [6.07, 6.45) is 9.46. The predicted molar refractivity (Wildman–Crippen MR) is 104 cm³/mol. The minimum Gasteiger partial charge on any atom is -0.348 e. The van der Waals surface area contributed by atoms with E-state index >= 15 is 0 Å². The van der Waals surface area contributed by atoms with Crippen LogP contribution >= 0.6 is 0 Å². The van der Waals surface area contributed by atoms with E-state index in [9.17, 15) is 13.2 Å². The molecule has 1 aliphatic carbocycles. The molecular weight excluding hydrogens is 362 g/mol. The van der Waals surface area contributed by atoms with Gasteiger partial charge in [-0.2, -0.15) is 0 Å². The van der Waals surface area contributed by atoms with E-state index in [0.717, 1.165) is 44.1 Å². The Labute approximate surface area is 160 Å². The summed E-state index contributed by atoms with van der Waals surface area (Å²) in [6.45, 7) is 0.360. The van der Waals surface area contributed by atoms with Gasteiger partial charge in [-0.15, -0.1) is 0 Å². The number of benzene rings is 1. The van der Waals surface area contributed by atoms with Crippen LogP contribution in [0.2, 0.25) is 0 Å². The number of aromatic nitrogens is 1. The fourth-order valence-corrected chi connectivity index (χ4v) is 4.62. The second-order valence-corrected chi connectivity index (χ2v) is 8.59. The molecule has 3 rings (SSSR count). The van der Waals surface area contributed by atoms with Crippen LogP contribution in [0.15, 0.2) is 53.7 Å². The van der Waals surface area contributed by atoms with Gasteiger partial charge in [0.25, 0.3) is 5.91 Å². The minimum absolute atomic E-state index is 0.0262. The number of amides is 1. The molecule has 1 aliphatic rings. The summed E-state index contributed by atoms with van der Waals surface area (Å²) in [4.78, 5) is 16.5. The molecule has 0 aliphatic heterocycles. The Morgan fingerprint density at radius 3 is 2.44 bits per heavy atom. The predicted octanol–water partition coefficient (Wildman–Crippen LogP) is 3.01. The van der Waals surface area contributed by atoms with E-state index in [1.165, 1.54) is 12.1 Å². The number of nitrogens with zero attached hydrogens (tertiary/aromatic N) is 1. The summed E-state index contributed by atoms with van der Waals surface area (Å²) in [7, 11) is -3.64. The highest BCUT2D eigenvalue weighted by Crippen LogP contribution is 2.20. The van der Waals surface area contributed by atoms with Crippen LogP contribution in [0.3, 0.4) is 0 Å². The highest BCUT2D eigenvalue weighted by atomic mass is 32.2. The van der Waals surface area contributed by atoms with Gasteiger partial charge in [0.2, 0.25) is 10.0 Å². The van der Waals surface area contributed by atoms with E-state index in [-0.39, 0.29) is 16.8 Å². The first-order chi connectivity index (χ1) is 13.0. The highest BCUT2D eigenvalue weighted by Gasteiger charge is 2.22. The molecule has 2 aromatic rings. The summed E-state index contributed by atoms with van der Waals surface area (Å²) < 4.78 is 28.2. The van der Waals surface area contributed by atoms with Crippen molar-refractivity contribution in [2.75, 3.05) is 0 Å². The molecule has 1 saturated carbocycles. The maximum atomic E-state index is 12.7. The molecule has 1 amide bonds. The third-order valence-corrected chi connectivity index (χ3v) is 6.30. The molecule has 0 saturated heterocycles. The monoisotopic (exact) mass is 387 g/mol. The van der Waals surface area contributed by atoms with Crippen LogP contribution in [0, 0.1) is 0 Å². The van der Waals surface area contributed by atoms with Crippen LogP contribution in [0.4, 0.5) is 0 Å². The zero-order valence-corrected chi connectivity index (χ0v) is 16.0. The molecule has 6 nitrogen and oxygen atoms in total. The van der Waals surface area contributed by atoms with Gasteiger partial charge in [0.1, 0.15) is 0 Å². The van der Waals surface area contributed by atoms with E-state index in [1.807, 2.05) is 12.1 Å². The van der Waals surface area contributed by atoms with Crippen molar-refractivity contribution in [3.8, 4) is 0 Å². The molecule has 0 unspecified atom stereocenters. The smallest absolute Gasteiger partial charge is 0.251 e. The number of hydrogen-bond donors (Lipinski definition) is 2. The number of carbonyl (C=O) groups excluding carboxylic acids is 1. The fraction of sp³-hybridized carbons (Fsp3) is 0.400. The van der Waals surface area contributed by atoms with Crippen LogP contribution in [0.5, 0.6) is 0 Å². The molecule has 0 bridgehead atoms. The summed E-state index contributed by atoms with van der Waals surface area (Å²) in [6, 6.07) is 9.78. The number of carbonyl (C=O) groups is 1. The maximum absolute atomic E-state index is 12.7. The van der Waals surface area contributed by atoms with Gasteiger partial charge in [-0.1, -0.05) is 31.7 Å². The first-order valence-electron chi connectivity index (χ1n) is 9.34. The summed E-state index contributed by atoms with van der Waals surface area (Å²) in [5.74, 6) is -0.307. The van der Waals surface area contributed by atoms with Crippen LogP contribution in [-0.2, 0) is 16.6 Å². The first-order valence-corrected chi connectivity index (χ1v) is 10.8. The van der Waals surface area contributed by atoms with Crippen molar-refractivity contribution in [1.82, 2.24) is 15.0 Å². The van der Waals surface area contributed by atoms with Gasteiger partial charge >= 0.3 is 0 Å². The lowest BCUT2D eigenvalue weighted by Gasteiger charge is -2.16. The molecule has 1 aromatic carbocycles. The number of sulfonamides is 1. The molecule has 1 heterocycles. The lowest BCUT2D eigenvalue weighted by molar-refractivity contribution is 0.0950. The second-order valence-electron chi connectivity index (χ2n) is 6.88. The SMILES string of the molecule is O=C(NCc1ccncc1)c1cccc(S(=O)(=O)NC2CCCCCC2)c1. The molecule has 27 heavy (non-hydrogen) atoms. The van der Waals surface area contributed by atoms with E-state index in [4.69, 9.17) is 0 Å². The average Bonchev–Trinajstić information content (AvgIpc) is 2.95. The largest absolute Gasteiger partial charge is 0.348 e. The Kier molecular flexibility index (Phi) is 6.58. The van der Waals surface area contributed by atoms with Crippen LogP contribution < -0.4 is 10.0 Å². The van der Waals surface area contributed by atoms with E-state index in [0.29, 0.717) is 12.1 Å². The van der Waals surface area contributed by atoms with Crippen molar-refractivity contribution >= 4 is 15.9 Å². The van der Waals surface area contributed by atoms with Gasteiger partial charge in [-0.25, -0.2) is 13.1 Å². The van der Waals surface area contributed by atoms with E-state index in [1.54, 1.807) is 24.5 Å². The topological polar surface area (TPSA) is 88.2 Å². The molecular formula is C20H25N3O3S. The van der Waals surface area contributed by atoms with Crippen molar-refractivity contribution in [1.29, 1.82) is 0 Å². The lowest BCUT2D eigenvalue weighted by Crippen LogP contribution is -2.34. The average molecular weight is 388 g/mol. The first kappa shape index (κ1) is 19.5. The normalized spacial score (nSPS) is 15.9. The van der Waals surface area contributed by atoms with Gasteiger partial charge in [0.15, 0.2) is 0 Å². The third kappa shape index (κ3) is 5.61. The lowest BCUT2D eigenvalue weighted by atomic mass is 10.1. The summed E-state index contributed by atoms with van der Waals surface area (Å²) in [5.41, 5.74) is 1.25. The molecule has 2 N–H and O–H groups in total. The van der Waals surface area contributed by atoms with Gasteiger partial charge in [0, 0.05) is 30.5 Å². The Hall–Kier alpha value is -2.25. The van der Waals surface area contributed by atoms with Crippen LogP contribution in [0.25, 0.3) is 0 Å². The molecule has 144 valence electrons. The van der Waals surface area contributed by atoms with Crippen molar-refractivity contribution in [3.05, 3.63) is 59.9 Å². The zero-order valence-electron chi connectivity index (χ0n) is 15.2. The summed E-state index contributed by atoms with van der Waals surface area (Å²) >= 11 is 0. The van der Waals surface area contributed by atoms with Crippen LogP contribution in [0.1, 0.15) is 54.4 Å². The number of nitrogens with one attached hydrogen (secondary N) is 2.